The summed E-state index contributed by atoms with van der Waals surface area (Å²) in [5.41, 5.74) is 0.876. The second-order valence-corrected chi connectivity index (χ2v) is 9.29. The van der Waals surface area contributed by atoms with Gasteiger partial charge in [-0.05, 0) is 44.7 Å². The first-order valence-electron chi connectivity index (χ1n) is 12.5. The fourth-order valence-electron chi connectivity index (χ4n) is 4.45. The minimum Gasteiger partial charge on any atom is -0.361 e. The Labute approximate surface area is 206 Å². The highest BCUT2D eigenvalue weighted by Crippen LogP contribution is 2.28. The maximum Gasteiger partial charge on any atom is 0.276 e. The topological polar surface area (TPSA) is 69.9 Å². The Morgan fingerprint density at radius 1 is 1.03 bits per heavy atom. The molecule has 0 spiro atoms. The van der Waals surface area contributed by atoms with Crippen molar-refractivity contribution in [1.82, 2.24) is 15.0 Å². The molecule has 0 saturated heterocycles. The van der Waals surface area contributed by atoms with Gasteiger partial charge in [0.05, 0.1) is 5.69 Å². The molecule has 192 valence electrons. The van der Waals surface area contributed by atoms with Crippen molar-refractivity contribution in [3.05, 3.63) is 46.9 Å². The van der Waals surface area contributed by atoms with Crippen LogP contribution in [-0.2, 0) is 17.8 Å². The zero-order valence-corrected chi connectivity index (χ0v) is 21.1. The minimum absolute atomic E-state index is 0.0243. The highest BCUT2D eigenvalue weighted by molar-refractivity contribution is 5.94. The van der Waals surface area contributed by atoms with Crippen molar-refractivity contribution in [2.75, 3.05) is 31.1 Å². The molecule has 1 aliphatic rings. The number of aryl methyl sites for hydroxylation is 1. The van der Waals surface area contributed by atoms with Crippen LogP contribution in [0.3, 0.4) is 0 Å². The van der Waals surface area contributed by atoms with E-state index in [4.69, 9.17) is 4.52 Å². The summed E-state index contributed by atoms with van der Waals surface area (Å²) in [7, 11) is 0. The average molecular weight is 491 g/mol. The summed E-state index contributed by atoms with van der Waals surface area (Å²) in [4.78, 5) is 31.7. The van der Waals surface area contributed by atoms with Crippen LogP contribution in [0.4, 0.5) is 14.5 Å². The Balaban J connectivity index is 2.02. The van der Waals surface area contributed by atoms with E-state index in [1.165, 1.54) is 4.90 Å². The van der Waals surface area contributed by atoms with Crippen molar-refractivity contribution in [3.63, 3.8) is 0 Å². The number of hydrogen-bond donors (Lipinski definition) is 0. The van der Waals surface area contributed by atoms with Gasteiger partial charge in [0.25, 0.3) is 5.91 Å². The number of carbonyl (C=O) groups excluding carboxylic acids is 2. The number of anilines is 1. The first kappa shape index (κ1) is 26.8. The fourth-order valence-corrected chi connectivity index (χ4v) is 4.45. The lowest BCUT2D eigenvalue weighted by molar-refractivity contribution is -0.118. The molecule has 0 atom stereocenters. The van der Waals surface area contributed by atoms with Crippen LogP contribution in [0.1, 0.15) is 75.2 Å². The monoisotopic (exact) mass is 490 g/mol. The van der Waals surface area contributed by atoms with Crippen LogP contribution in [0, 0.1) is 11.6 Å². The van der Waals surface area contributed by atoms with Crippen LogP contribution >= 0.6 is 0 Å². The number of hydrogen-bond acceptors (Lipinski definition) is 5. The standard InChI is InChI=1S/C26H36F2N4O3/c1-5-9-20-15-23(29-35-20)26(34)31-12-7-10-30(18(3)4)11-8-13-32(25(33)6-2)24-16-22(28)21(27)14-19(24)17-31/h14-16,18H,5-13,17H2,1-4H3. The summed E-state index contributed by atoms with van der Waals surface area (Å²) in [5.74, 6) is -1.92. The van der Waals surface area contributed by atoms with Crippen LogP contribution in [0.5, 0.6) is 0 Å². The lowest BCUT2D eigenvalue weighted by Crippen LogP contribution is -2.40. The first-order valence-corrected chi connectivity index (χ1v) is 12.5. The van der Waals surface area contributed by atoms with Crippen LogP contribution in [-0.4, -0.2) is 59.0 Å². The van der Waals surface area contributed by atoms with Gasteiger partial charge >= 0.3 is 0 Å². The number of amides is 2. The molecule has 0 unspecified atom stereocenters. The van der Waals surface area contributed by atoms with Gasteiger partial charge in [-0.2, -0.15) is 0 Å². The Hall–Kier alpha value is -2.81. The second-order valence-electron chi connectivity index (χ2n) is 9.29. The average Bonchev–Trinajstić information content (AvgIpc) is 3.29. The van der Waals surface area contributed by atoms with Crippen LogP contribution in [0.2, 0.25) is 0 Å². The van der Waals surface area contributed by atoms with Gasteiger partial charge in [-0.3, -0.25) is 9.59 Å². The van der Waals surface area contributed by atoms with E-state index in [0.717, 1.165) is 31.6 Å². The molecular formula is C26H36F2N4O3. The molecule has 1 aromatic carbocycles. The second kappa shape index (κ2) is 12.2. The molecule has 0 fully saturated rings. The van der Waals surface area contributed by atoms with Crippen molar-refractivity contribution < 1.29 is 22.9 Å². The van der Waals surface area contributed by atoms with E-state index in [1.807, 2.05) is 6.92 Å². The van der Waals surface area contributed by atoms with Gasteiger partial charge in [0.2, 0.25) is 5.91 Å². The van der Waals surface area contributed by atoms with Crippen molar-refractivity contribution in [2.45, 2.75) is 72.4 Å². The van der Waals surface area contributed by atoms with Gasteiger partial charge in [-0.1, -0.05) is 19.0 Å². The SMILES string of the molecule is CCCc1cc(C(=O)N2CCCN(C(C)C)CCCN(C(=O)CC)c3cc(F)c(F)cc3C2)no1. The van der Waals surface area contributed by atoms with E-state index < -0.39 is 11.6 Å². The summed E-state index contributed by atoms with van der Waals surface area (Å²) in [6.45, 7) is 10.3. The van der Waals surface area contributed by atoms with Crippen molar-refractivity contribution >= 4 is 17.5 Å². The fraction of sp³-hybridized carbons (Fsp3) is 0.577. The highest BCUT2D eigenvalue weighted by Gasteiger charge is 2.26. The third-order valence-electron chi connectivity index (χ3n) is 6.37. The van der Waals surface area contributed by atoms with Crippen LogP contribution in [0.15, 0.2) is 22.7 Å². The quantitative estimate of drug-likeness (QED) is 0.603. The number of carbonyl (C=O) groups is 2. The summed E-state index contributed by atoms with van der Waals surface area (Å²) in [6, 6.07) is 4.10. The molecule has 0 N–H and O–H groups in total. The molecule has 1 aromatic heterocycles. The molecule has 2 amide bonds. The molecular weight excluding hydrogens is 454 g/mol. The molecule has 1 aliphatic heterocycles. The van der Waals surface area contributed by atoms with E-state index in [1.54, 1.807) is 17.9 Å². The van der Waals surface area contributed by atoms with E-state index in [0.29, 0.717) is 55.4 Å². The van der Waals surface area contributed by atoms with Gasteiger partial charge in [0, 0.05) is 63.7 Å². The van der Waals surface area contributed by atoms with Crippen molar-refractivity contribution in [3.8, 4) is 0 Å². The normalized spacial score (nSPS) is 16.1. The molecule has 35 heavy (non-hydrogen) atoms. The van der Waals surface area contributed by atoms with Gasteiger partial charge in [-0.25, -0.2) is 8.78 Å². The first-order chi connectivity index (χ1) is 16.7. The Kier molecular flexibility index (Phi) is 9.37. The molecule has 7 nitrogen and oxygen atoms in total. The zero-order valence-electron chi connectivity index (χ0n) is 21.1. The summed E-state index contributed by atoms with van der Waals surface area (Å²) >= 11 is 0. The van der Waals surface area contributed by atoms with Crippen LogP contribution in [0.25, 0.3) is 0 Å². The van der Waals surface area contributed by atoms with Gasteiger partial charge < -0.3 is 19.2 Å². The molecule has 2 aromatic rings. The van der Waals surface area contributed by atoms with Crippen molar-refractivity contribution in [2.24, 2.45) is 0 Å². The Morgan fingerprint density at radius 3 is 2.37 bits per heavy atom. The minimum atomic E-state index is -1.02. The van der Waals surface area contributed by atoms with Crippen LogP contribution < -0.4 is 4.90 Å². The predicted octanol–water partition coefficient (Wildman–Crippen LogP) is 4.79. The van der Waals surface area contributed by atoms with Gasteiger partial charge in [-0.15, -0.1) is 0 Å². The number of benzene rings is 1. The van der Waals surface area contributed by atoms with E-state index in [2.05, 4.69) is 23.9 Å². The molecule has 9 heteroatoms. The number of rotatable bonds is 5. The lowest BCUT2D eigenvalue weighted by Gasteiger charge is -2.32. The molecule has 0 aliphatic carbocycles. The summed E-state index contributed by atoms with van der Waals surface area (Å²) < 4.78 is 34.0. The van der Waals surface area contributed by atoms with Crippen molar-refractivity contribution in [1.29, 1.82) is 0 Å². The maximum absolute atomic E-state index is 14.3. The van der Waals surface area contributed by atoms with E-state index >= 15 is 0 Å². The smallest absolute Gasteiger partial charge is 0.276 e. The van der Waals surface area contributed by atoms with Gasteiger partial charge in [0.1, 0.15) is 5.76 Å². The third-order valence-corrected chi connectivity index (χ3v) is 6.37. The molecule has 0 radical (unpaired) electrons. The van der Waals surface area contributed by atoms with Gasteiger partial charge in [0.15, 0.2) is 17.3 Å². The van der Waals surface area contributed by atoms with E-state index in [9.17, 15) is 18.4 Å². The zero-order chi connectivity index (χ0) is 25.5. The summed E-state index contributed by atoms with van der Waals surface area (Å²) in [5, 5.41) is 3.95. The molecule has 0 bridgehead atoms. The third kappa shape index (κ3) is 6.66. The summed E-state index contributed by atoms with van der Waals surface area (Å²) in [6.07, 6.45) is 3.17. The lowest BCUT2D eigenvalue weighted by atomic mass is 10.1. The molecule has 0 saturated carbocycles. The Morgan fingerprint density at radius 2 is 1.71 bits per heavy atom. The number of fused-ring (bicyclic) bond motifs is 1. The predicted molar refractivity (Wildman–Crippen MR) is 130 cm³/mol. The number of halogens is 2. The molecule has 3 rings (SSSR count). The molecule has 2 heterocycles. The Bertz CT molecular complexity index is 1020. The number of nitrogens with zero attached hydrogens (tertiary/aromatic N) is 4. The maximum atomic E-state index is 14.3. The highest BCUT2D eigenvalue weighted by atomic mass is 19.2. The number of aromatic nitrogens is 1. The van der Waals surface area contributed by atoms with E-state index in [-0.39, 0.29) is 30.5 Å². The largest absolute Gasteiger partial charge is 0.361 e.